The van der Waals surface area contributed by atoms with Gasteiger partial charge in [-0.25, -0.2) is 4.98 Å². The molecular formula is C28H36N4O3. The third-order valence-corrected chi connectivity index (χ3v) is 6.68. The molecule has 1 saturated heterocycles. The molecule has 2 heterocycles. The number of ether oxygens (including phenoxy) is 1. The minimum atomic E-state index is -0.110. The number of fused-ring (bicyclic) bond motifs is 1. The van der Waals surface area contributed by atoms with Gasteiger partial charge in [0.15, 0.2) is 6.61 Å². The number of amides is 2. The van der Waals surface area contributed by atoms with Gasteiger partial charge in [0.05, 0.1) is 11.0 Å². The summed E-state index contributed by atoms with van der Waals surface area (Å²) in [6.45, 7) is 4.96. The maximum atomic E-state index is 13.0. The molecule has 1 aliphatic rings. The molecule has 0 aliphatic carbocycles. The van der Waals surface area contributed by atoms with Crippen molar-refractivity contribution in [3.05, 3.63) is 60.4 Å². The molecule has 2 amide bonds. The van der Waals surface area contributed by atoms with Gasteiger partial charge in [-0.1, -0.05) is 43.7 Å². The standard InChI is InChI=1S/C28H36N4O3/c1-22-15-18-31(19-16-22)28(34)20-32-25-13-8-7-12-24(25)30-26(32)14-6-3-9-17-29-27(33)21-35-23-10-4-2-5-11-23/h2,4-5,7-8,10-13,22H,3,6,9,14-21H2,1H3,(H,29,33). The number of benzene rings is 2. The number of unbranched alkanes of at least 4 members (excludes halogenated alkanes) is 2. The molecule has 35 heavy (non-hydrogen) atoms. The molecule has 1 aromatic heterocycles. The van der Waals surface area contributed by atoms with Crippen LogP contribution in [0.2, 0.25) is 0 Å². The molecule has 0 spiro atoms. The number of carbonyl (C=O) groups is 2. The Morgan fingerprint density at radius 2 is 1.74 bits per heavy atom. The maximum absolute atomic E-state index is 13.0. The number of para-hydroxylation sites is 3. The van der Waals surface area contributed by atoms with E-state index in [1.54, 1.807) is 0 Å². The Bertz CT molecular complexity index is 1100. The number of piperidine rings is 1. The highest BCUT2D eigenvalue weighted by Crippen LogP contribution is 2.20. The van der Waals surface area contributed by atoms with E-state index in [4.69, 9.17) is 9.72 Å². The van der Waals surface area contributed by atoms with E-state index >= 15 is 0 Å². The fourth-order valence-corrected chi connectivity index (χ4v) is 4.52. The van der Waals surface area contributed by atoms with E-state index in [2.05, 4.69) is 16.8 Å². The minimum absolute atomic E-state index is 0.0258. The van der Waals surface area contributed by atoms with E-state index in [0.29, 0.717) is 24.8 Å². The van der Waals surface area contributed by atoms with Gasteiger partial charge in [0, 0.05) is 26.1 Å². The first kappa shape index (κ1) is 24.8. The number of hydrogen-bond acceptors (Lipinski definition) is 4. The average Bonchev–Trinajstić information content (AvgIpc) is 3.23. The molecule has 2 aromatic carbocycles. The lowest BCUT2D eigenvalue weighted by molar-refractivity contribution is -0.133. The smallest absolute Gasteiger partial charge is 0.257 e. The van der Waals surface area contributed by atoms with Crippen LogP contribution in [0.1, 0.15) is 44.9 Å². The predicted octanol–water partition coefficient (Wildman–Crippen LogP) is 4.20. The first-order chi connectivity index (χ1) is 17.1. The largest absolute Gasteiger partial charge is 0.484 e. The Morgan fingerprint density at radius 3 is 2.54 bits per heavy atom. The molecule has 1 N–H and O–H groups in total. The molecule has 4 rings (SSSR count). The number of hydrogen-bond donors (Lipinski definition) is 1. The number of aryl methyl sites for hydroxylation is 1. The lowest BCUT2D eigenvalue weighted by Gasteiger charge is -2.30. The van der Waals surface area contributed by atoms with Crippen molar-refractivity contribution in [3.8, 4) is 5.75 Å². The lowest BCUT2D eigenvalue weighted by atomic mass is 9.99. The molecule has 1 aliphatic heterocycles. The third kappa shape index (κ3) is 7.07. The first-order valence-corrected chi connectivity index (χ1v) is 12.8. The van der Waals surface area contributed by atoms with E-state index < -0.39 is 0 Å². The fraction of sp³-hybridized carbons (Fsp3) is 0.464. The molecule has 0 atom stereocenters. The molecule has 0 bridgehead atoms. The number of rotatable bonds is 11. The summed E-state index contributed by atoms with van der Waals surface area (Å²) in [6.07, 6.45) is 5.79. The number of nitrogens with zero attached hydrogens (tertiary/aromatic N) is 3. The van der Waals surface area contributed by atoms with Gasteiger partial charge in [-0.05, 0) is 55.9 Å². The number of nitrogens with one attached hydrogen (secondary N) is 1. The molecule has 1 fully saturated rings. The maximum Gasteiger partial charge on any atom is 0.257 e. The van der Waals surface area contributed by atoms with Gasteiger partial charge in [0.1, 0.15) is 18.1 Å². The Morgan fingerprint density at radius 1 is 1.00 bits per heavy atom. The predicted molar refractivity (Wildman–Crippen MR) is 137 cm³/mol. The number of aromatic nitrogens is 2. The molecule has 0 radical (unpaired) electrons. The van der Waals surface area contributed by atoms with E-state index in [0.717, 1.165) is 68.5 Å². The Balaban J connectivity index is 1.23. The summed E-state index contributed by atoms with van der Waals surface area (Å²) in [5, 5.41) is 2.92. The second-order valence-electron chi connectivity index (χ2n) is 9.43. The SMILES string of the molecule is CC1CCN(C(=O)Cn2c(CCCCCNC(=O)COc3ccccc3)nc3ccccc32)CC1. The van der Waals surface area contributed by atoms with Gasteiger partial charge in [0.2, 0.25) is 5.91 Å². The summed E-state index contributed by atoms with van der Waals surface area (Å²) in [5.74, 6) is 2.43. The van der Waals surface area contributed by atoms with Crippen LogP contribution in [0.4, 0.5) is 0 Å². The summed E-state index contributed by atoms with van der Waals surface area (Å²) in [5.41, 5.74) is 1.96. The summed E-state index contributed by atoms with van der Waals surface area (Å²) in [6, 6.07) is 17.4. The van der Waals surface area contributed by atoms with Gasteiger partial charge >= 0.3 is 0 Å². The Hall–Kier alpha value is -3.35. The summed E-state index contributed by atoms with van der Waals surface area (Å²) in [4.78, 5) is 31.8. The van der Waals surface area contributed by atoms with Crippen molar-refractivity contribution >= 4 is 22.8 Å². The van der Waals surface area contributed by atoms with Crippen LogP contribution in [0.3, 0.4) is 0 Å². The minimum Gasteiger partial charge on any atom is -0.484 e. The highest BCUT2D eigenvalue weighted by molar-refractivity contribution is 5.81. The molecule has 0 saturated carbocycles. The van der Waals surface area contributed by atoms with Crippen LogP contribution in [0.15, 0.2) is 54.6 Å². The van der Waals surface area contributed by atoms with Crippen LogP contribution in [-0.2, 0) is 22.6 Å². The van der Waals surface area contributed by atoms with Crippen molar-refractivity contribution < 1.29 is 14.3 Å². The van der Waals surface area contributed by atoms with E-state index in [1.807, 2.05) is 59.5 Å². The molecule has 3 aromatic rings. The molecule has 7 heteroatoms. The van der Waals surface area contributed by atoms with Gasteiger partial charge in [0.25, 0.3) is 5.91 Å². The van der Waals surface area contributed by atoms with Crippen molar-refractivity contribution in [3.63, 3.8) is 0 Å². The summed E-state index contributed by atoms with van der Waals surface area (Å²) >= 11 is 0. The Labute approximate surface area is 207 Å². The number of imidazole rings is 1. The van der Waals surface area contributed by atoms with Gasteiger partial charge in [-0.15, -0.1) is 0 Å². The second-order valence-corrected chi connectivity index (χ2v) is 9.43. The number of likely N-dealkylation sites (tertiary alicyclic amines) is 1. The van der Waals surface area contributed by atoms with E-state index in [9.17, 15) is 9.59 Å². The van der Waals surface area contributed by atoms with Crippen molar-refractivity contribution in [1.29, 1.82) is 0 Å². The van der Waals surface area contributed by atoms with Gasteiger partial charge in [-0.3, -0.25) is 9.59 Å². The third-order valence-electron chi connectivity index (χ3n) is 6.68. The lowest BCUT2D eigenvalue weighted by Crippen LogP contribution is -2.39. The summed E-state index contributed by atoms with van der Waals surface area (Å²) < 4.78 is 7.57. The van der Waals surface area contributed by atoms with Crippen LogP contribution in [-0.4, -0.2) is 52.5 Å². The normalized spacial score (nSPS) is 14.3. The van der Waals surface area contributed by atoms with E-state index in [1.165, 1.54) is 0 Å². The zero-order chi connectivity index (χ0) is 24.5. The van der Waals surface area contributed by atoms with Crippen molar-refractivity contribution in [2.45, 2.75) is 52.0 Å². The van der Waals surface area contributed by atoms with Crippen LogP contribution in [0.5, 0.6) is 5.75 Å². The van der Waals surface area contributed by atoms with Gasteiger partial charge < -0.3 is 19.5 Å². The molecular weight excluding hydrogens is 440 g/mol. The zero-order valence-electron chi connectivity index (χ0n) is 20.6. The molecule has 7 nitrogen and oxygen atoms in total. The van der Waals surface area contributed by atoms with Crippen LogP contribution in [0, 0.1) is 5.92 Å². The number of carbonyl (C=O) groups excluding carboxylic acids is 2. The average molecular weight is 477 g/mol. The second kappa shape index (κ2) is 12.4. The van der Waals surface area contributed by atoms with Crippen molar-refractivity contribution in [1.82, 2.24) is 19.8 Å². The topological polar surface area (TPSA) is 76.5 Å². The monoisotopic (exact) mass is 476 g/mol. The van der Waals surface area contributed by atoms with Crippen molar-refractivity contribution in [2.24, 2.45) is 5.92 Å². The molecule has 0 unspecified atom stereocenters. The highest BCUT2D eigenvalue weighted by atomic mass is 16.5. The quantitative estimate of drug-likeness (QED) is 0.421. The first-order valence-electron chi connectivity index (χ1n) is 12.8. The van der Waals surface area contributed by atoms with Crippen molar-refractivity contribution in [2.75, 3.05) is 26.2 Å². The van der Waals surface area contributed by atoms with Crippen LogP contribution >= 0.6 is 0 Å². The van der Waals surface area contributed by atoms with Crippen LogP contribution in [0.25, 0.3) is 11.0 Å². The van der Waals surface area contributed by atoms with Gasteiger partial charge in [-0.2, -0.15) is 0 Å². The zero-order valence-corrected chi connectivity index (χ0v) is 20.6. The summed E-state index contributed by atoms with van der Waals surface area (Å²) in [7, 11) is 0. The van der Waals surface area contributed by atoms with Crippen LogP contribution < -0.4 is 10.1 Å². The van der Waals surface area contributed by atoms with E-state index in [-0.39, 0.29) is 18.4 Å². The molecule has 186 valence electrons. The highest BCUT2D eigenvalue weighted by Gasteiger charge is 2.22. The fourth-order valence-electron chi connectivity index (χ4n) is 4.52. The Kier molecular flexibility index (Phi) is 8.76.